The molecule has 0 atom stereocenters. The van der Waals surface area contributed by atoms with Crippen LogP contribution in [0, 0.1) is 17.5 Å². The van der Waals surface area contributed by atoms with Crippen LogP contribution >= 0.6 is 0 Å². The van der Waals surface area contributed by atoms with Crippen molar-refractivity contribution in [1.29, 1.82) is 0 Å². The maximum absolute atomic E-state index is 13.5. The average molecular weight is 560 g/mol. The molecule has 0 N–H and O–H groups in total. The molecule has 0 spiro atoms. The van der Waals surface area contributed by atoms with E-state index in [0.29, 0.717) is 30.0 Å². The van der Waals surface area contributed by atoms with Crippen LogP contribution in [-0.4, -0.2) is 48.6 Å². The van der Waals surface area contributed by atoms with Crippen LogP contribution in [0.4, 0.5) is 19.0 Å². The Hall–Kier alpha value is -4.17. The highest BCUT2D eigenvalue weighted by atomic mass is 19.1. The molecular weight excluding hydrogens is 527 g/mol. The number of nitrogens with zero attached hydrogens (tertiary/aromatic N) is 3. The first-order valence-corrected chi connectivity index (χ1v) is 13.8. The van der Waals surface area contributed by atoms with Crippen molar-refractivity contribution in [2.24, 2.45) is 0 Å². The Morgan fingerprint density at radius 1 is 0.805 bits per heavy atom. The number of carbonyl (C=O) groups is 1. The number of pyridine rings is 1. The monoisotopic (exact) mass is 559 g/mol. The zero-order valence-electron chi connectivity index (χ0n) is 22.7. The Bertz CT molecular complexity index is 1390. The van der Waals surface area contributed by atoms with Crippen LogP contribution in [0.5, 0.6) is 0 Å². The van der Waals surface area contributed by atoms with Crippen LogP contribution in [0.3, 0.4) is 0 Å². The van der Waals surface area contributed by atoms with Crippen molar-refractivity contribution in [3.8, 4) is 0 Å². The second-order valence-electron chi connectivity index (χ2n) is 10.2. The lowest BCUT2D eigenvalue weighted by Crippen LogP contribution is -2.47. The van der Waals surface area contributed by atoms with E-state index in [1.807, 2.05) is 0 Å². The first-order chi connectivity index (χ1) is 20.0. The number of hydrogen-bond donors (Lipinski definition) is 0. The summed E-state index contributed by atoms with van der Waals surface area (Å²) in [6.07, 6.45) is 3.43. The molecule has 1 saturated heterocycles. The predicted molar refractivity (Wildman–Crippen MR) is 152 cm³/mol. The fourth-order valence-electron chi connectivity index (χ4n) is 5.28. The Balaban J connectivity index is 1.15. The summed E-state index contributed by atoms with van der Waals surface area (Å²) in [5, 5.41) is 0. The second-order valence-corrected chi connectivity index (χ2v) is 10.2. The van der Waals surface area contributed by atoms with Crippen LogP contribution < -0.4 is 4.90 Å². The molecule has 0 bridgehead atoms. The number of rotatable bonds is 10. The second kappa shape index (κ2) is 13.5. The fraction of sp³-hybridized carbons (Fsp3) is 0.273. The molecule has 0 radical (unpaired) electrons. The molecule has 2 heterocycles. The highest BCUT2D eigenvalue weighted by molar-refractivity contribution is 5.94. The van der Waals surface area contributed by atoms with Gasteiger partial charge in [0.2, 0.25) is 0 Å². The van der Waals surface area contributed by atoms with E-state index in [-0.39, 0.29) is 30.0 Å². The molecule has 0 aliphatic carbocycles. The van der Waals surface area contributed by atoms with Gasteiger partial charge in [0.25, 0.3) is 0 Å². The highest BCUT2D eigenvalue weighted by Crippen LogP contribution is 2.30. The smallest absolute Gasteiger partial charge is 0.342 e. The molecule has 0 unspecified atom stereocenters. The molecule has 41 heavy (non-hydrogen) atoms. The molecule has 4 aromatic rings. The molecule has 1 aliphatic heterocycles. The minimum Gasteiger partial charge on any atom is -0.457 e. The van der Waals surface area contributed by atoms with Crippen molar-refractivity contribution in [3.05, 3.63) is 131 Å². The van der Waals surface area contributed by atoms with Gasteiger partial charge in [0.05, 0.1) is 0 Å². The van der Waals surface area contributed by atoms with E-state index in [1.54, 1.807) is 54.7 Å². The number of ether oxygens (including phenoxy) is 1. The van der Waals surface area contributed by atoms with Crippen molar-refractivity contribution < 1.29 is 22.7 Å². The van der Waals surface area contributed by atoms with Gasteiger partial charge in [-0.2, -0.15) is 0 Å². The third kappa shape index (κ3) is 7.52. The van der Waals surface area contributed by atoms with E-state index in [2.05, 4.69) is 14.8 Å². The van der Waals surface area contributed by atoms with Crippen LogP contribution in [0.25, 0.3) is 0 Å². The molecule has 5 nitrogen and oxygen atoms in total. The molecule has 1 fully saturated rings. The number of esters is 1. The number of halogens is 3. The van der Waals surface area contributed by atoms with E-state index in [0.717, 1.165) is 43.6 Å². The van der Waals surface area contributed by atoms with E-state index >= 15 is 0 Å². The Morgan fingerprint density at radius 3 is 2.10 bits per heavy atom. The van der Waals surface area contributed by atoms with Gasteiger partial charge in [-0.1, -0.05) is 36.4 Å². The van der Waals surface area contributed by atoms with Gasteiger partial charge < -0.3 is 9.64 Å². The molecule has 5 rings (SSSR count). The summed E-state index contributed by atoms with van der Waals surface area (Å²) >= 11 is 0. The lowest BCUT2D eigenvalue weighted by Gasteiger charge is -2.36. The molecule has 3 aromatic carbocycles. The van der Waals surface area contributed by atoms with Crippen LogP contribution in [-0.2, 0) is 11.3 Å². The number of carbonyl (C=O) groups excluding carboxylic acids is 1. The van der Waals surface area contributed by atoms with Crippen molar-refractivity contribution >= 4 is 11.8 Å². The maximum atomic E-state index is 13.5. The van der Waals surface area contributed by atoms with Crippen LogP contribution in [0.2, 0.25) is 0 Å². The number of anilines is 1. The first-order valence-electron chi connectivity index (χ1n) is 13.8. The maximum Gasteiger partial charge on any atom is 0.342 e. The molecule has 0 saturated carbocycles. The van der Waals surface area contributed by atoms with E-state index in [9.17, 15) is 18.0 Å². The summed E-state index contributed by atoms with van der Waals surface area (Å²) in [7, 11) is 0. The van der Waals surface area contributed by atoms with Crippen LogP contribution in [0.1, 0.15) is 45.8 Å². The molecular formula is C33H32F3N3O2. The third-order valence-corrected chi connectivity index (χ3v) is 7.45. The summed E-state index contributed by atoms with van der Waals surface area (Å²) in [5.41, 5.74) is 2.99. The molecule has 212 valence electrons. The highest BCUT2D eigenvalue weighted by Gasteiger charge is 2.24. The van der Waals surface area contributed by atoms with Gasteiger partial charge in [-0.25, -0.2) is 22.9 Å². The van der Waals surface area contributed by atoms with Gasteiger partial charge in [0.15, 0.2) is 0 Å². The number of benzene rings is 3. The molecule has 1 aromatic heterocycles. The van der Waals surface area contributed by atoms with E-state index in [1.165, 1.54) is 36.4 Å². The number of hydrogen-bond acceptors (Lipinski definition) is 5. The van der Waals surface area contributed by atoms with Gasteiger partial charge in [-0.05, 0) is 84.6 Å². The third-order valence-electron chi connectivity index (χ3n) is 7.45. The lowest BCUT2D eigenvalue weighted by molar-refractivity contribution is 0.0472. The van der Waals surface area contributed by atoms with Crippen molar-refractivity contribution in [2.75, 3.05) is 37.6 Å². The number of piperazine rings is 1. The summed E-state index contributed by atoms with van der Waals surface area (Å²) in [4.78, 5) is 21.8. The summed E-state index contributed by atoms with van der Waals surface area (Å²) < 4.78 is 46.0. The lowest BCUT2D eigenvalue weighted by atomic mass is 9.87. The SMILES string of the molecule is O=C(OCc1cccc(F)c1)c1cccnc1N1CCN(CCCC(c2ccc(F)cc2)c2ccc(F)cc2)CC1. The van der Waals surface area contributed by atoms with Gasteiger partial charge >= 0.3 is 5.97 Å². The molecule has 8 heteroatoms. The largest absolute Gasteiger partial charge is 0.457 e. The van der Waals surface area contributed by atoms with Crippen molar-refractivity contribution in [2.45, 2.75) is 25.4 Å². The summed E-state index contributed by atoms with van der Waals surface area (Å²) in [6.45, 7) is 3.91. The Labute approximate surface area is 238 Å². The minimum atomic E-state index is -0.493. The topological polar surface area (TPSA) is 45.7 Å². The van der Waals surface area contributed by atoms with Crippen molar-refractivity contribution in [1.82, 2.24) is 9.88 Å². The normalized spacial score (nSPS) is 13.9. The van der Waals surface area contributed by atoms with Gasteiger partial charge in [0.1, 0.15) is 35.4 Å². The number of aromatic nitrogens is 1. The standard InChI is InChI=1S/C33H32F3N3O2/c34-27-12-8-25(9-13-27)30(26-10-14-28(35)15-11-26)7-3-17-38-18-20-39(21-19-38)32-31(6-2-16-37-32)33(40)41-23-24-4-1-5-29(36)22-24/h1-2,4-6,8-16,22,30H,3,7,17-21,23H2. The van der Waals surface area contributed by atoms with Gasteiger partial charge in [-0.15, -0.1) is 0 Å². The Kier molecular flexibility index (Phi) is 9.31. The summed E-state index contributed by atoms with van der Waals surface area (Å²) in [6, 6.07) is 22.5. The fourth-order valence-corrected chi connectivity index (χ4v) is 5.28. The van der Waals surface area contributed by atoms with Crippen molar-refractivity contribution in [3.63, 3.8) is 0 Å². The average Bonchev–Trinajstić information content (AvgIpc) is 3.00. The zero-order chi connectivity index (χ0) is 28.6. The zero-order valence-corrected chi connectivity index (χ0v) is 22.7. The first kappa shape index (κ1) is 28.4. The Morgan fingerprint density at radius 2 is 1.46 bits per heavy atom. The van der Waals surface area contributed by atoms with Gasteiger partial charge in [0, 0.05) is 38.3 Å². The van der Waals surface area contributed by atoms with E-state index < -0.39 is 5.97 Å². The minimum absolute atomic E-state index is 0.0183. The van der Waals surface area contributed by atoms with E-state index in [4.69, 9.17) is 4.74 Å². The van der Waals surface area contributed by atoms with Crippen LogP contribution in [0.15, 0.2) is 91.1 Å². The molecule has 0 amide bonds. The summed E-state index contributed by atoms with van der Waals surface area (Å²) in [5.74, 6) is -0.788. The predicted octanol–water partition coefficient (Wildman–Crippen LogP) is 6.59. The molecule has 1 aliphatic rings. The quantitative estimate of drug-likeness (QED) is 0.205. The van der Waals surface area contributed by atoms with Gasteiger partial charge in [-0.3, -0.25) is 4.90 Å².